The first-order chi connectivity index (χ1) is 16.6. The van der Waals surface area contributed by atoms with Crippen molar-refractivity contribution < 1.29 is 9.90 Å². The highest BCUT2D eigenvalue weighted by molar-refractivity contribution is 6.02. The maximum atomic E-state index is 13.1. The first-order valence-electron chi connectivity index (χ1n) is 12.9. The number of carbonyl (C=O) groups excluding carboxylic acids is 1. The predicted octanol–water partition coefficient (Wildman–Crippen LogP) is 4.01. The number of nitrogens with two attached hydrogens (primary N) is 1. The van der Waals surface area contributed by atoms with Gasteiger partial charge in [0.2, 0.25) is 5.91 Å². The van der Waals surface area contributed by atoms with Gasteiger partial charge in [-0.3, -0.25) is 4.79 Å². The molecule has 3 N–H and O–H groups in total. The van der Waals surface area contributed by atoms with E-state index in [9.17, 15) is 9.90 Å². The van der Waals surface area contributed by atoms with Crippen molar-refractivity contribution in [2.45, 2.75) is 57.4 Å². The van der Waals surface area contributed by atoms with Crippen molar-refractivity contribution in [2.75, 3.05) is 26.2 Å². The van der Waals surface area contributed by atoms with Crippen molar-refractivity contribution in [3.63, 3.8) is 0 Å². The number of rotatable bonds is 3. The van der Waals surface area contributed by atoms with Crippen LogP contribution in [0.1, 0.15) is 55.2 Å². The maximum absolute atomic E-state index is 13.1. The molecule has 180 valence electrons. The standard InChI is InChI=1S/C28H36N4O2/c29-25(18-20-6-2-1-3-7-20)28(34)32-16-14-31(15-17-32)27-24-9-5-4-8-21(24)10-11-22-19-23(33)12-13-26(22)30-27/h4-5,8-9,12-13,19-20,25,33H,1-3,6-7,10-11,14-18,29H2. The zero-order valence-corrected chi connectivity index (χ0v) is 20.0. The van der Waals surface area contributed by atoms with Crippen molar-refractivity contribution in [2.24, 2.45) is 16.6 Å². The third-order valence-corrected chi connectivity index (χ3v) is 7.73. The number of hydrogen-bond acceptors (Lipinski definition) is 5. The Hall–Kier alpha value is -2.86. The Morgan fingerprint density at radius 1 is 1.00 bits per heavy atom. The van der Waals surface area contributed by atoms with E-state index in [1.54, 1.807) is 6.07 Å². The Bertz CT molecular complexity index is 1050. The van der Waals surface area contributed by atoms with E-state index in [0.717, 1.165) is 55.0 Å². The second-order valence-electron chi connectivity index (χ2n) is 10.1. The van der Waals surface area contributed by atoms with Crippen LogP contribution >= 0.6 is 0 Å². The summed E-state index contributed by atoms with van der Waals surface area (Å²) in [5.41, 5.74) is 10.8. The molecule has 2 aromatic rings. The van der Waals surface area contributed by atoms with E-state index in [4.69, 9.17) is 10.7 Å². The number of aromatic hydroxyl groups is 1. The number of phenolic OH excluding ortho intramolecular Hbond substituents is 1. The zero-order valence-electron chi connectivity index (χ0n) is 20.0. The van der Waals surface area contributed by atoms with Crippen LogP contribution in [0.25, 0.3) is 0 Å². The third kappa shape index (κ3) is 4.97. The van der Waals surface area contributed by atoms with Crippen LogP contribution in [0, 0.1) is 5.92 Å². The monoisotopic (exact) mass is 460 g/mol. The fourth-order valence-electron chi connectivity index (χ4n) is 5.78. The van der Waals surface area contributed by atoms with E-state index >= 15 is 0 Å². The molecule has 1 saturated heterocycles. The van der Waals surface area contributed by atoms with Gasteiger partial charge in [0.25, 0.3) is 0 Å². The number of aliphatic imine (C=N–C) groups is 1. The molecule has 5 rings (SSSR count). The van der Waals surface area contributed by atoms with Gasteiger partial charge in [-0.15, -0.1) is 0 Å². The summed E-state index contributed by atoms with van der Waals surface area (Å²) >= 11 is 0. The molecule has 3 aliphatic rings. The summed E-state index contributed by atoms with van der Waals surface area (Å²) in [5, 5.41) is 9.98. The number of benzene rings is 2. The zero-order chi connectivity index (χ0) is 23.5. The number of carbonyl (C=O) groups is 1. The van der Waals surface area contributed by atoms with Crippen molar-refractivity contribution >= 4 is 17.4 Å². The molecule has 0 radical (unpaired) electrons. The quantitative estimate of drug-likeness (QED) is 0.725. The minimum Gasteiger partial charge on any atom is -0.508 e. The van der Waals surface area contributed by atoms with E-state index in [-0.39, 0.29) is 17.7 Å². The largest absolute Gasteiger partial charge is 0.508 e. The number of hydrogen-bond donors (Lipinski definition) is 2. The van der Waals surface area contributed by atoms with Gasteiger partial charge >= 0.3 is 0 Å². The smallest absolute Gasteiger partial charge is 0.239 e. The van der Waals surface area contributed by atoms with Gasteiger partial charge in [0.15, 0.2) is 0 Å². The van der Waals surface area contributed by atoms with Crippen LogP contribution in [0.3, 0.4) is 0 Å². The highest BCUT2D eigenvalue weighted by atomic mass is 16.3. The summed E-state index contributed by atoms with van der Waals surface area (Å²) in [4.78, 5) is 22.4. The van der Waals surface area contributed by atoms with Crippen molar-refractivity contribution in [3.05, 3.63) is 59.2 Å². The first kappa shape index (κ1) is 22.9. The summed E-state index contributed by atoms with van der Waals surface area (Å²) in [6, 6.07) is 13.5. The van der Waals surface area contributed by atoms with E-state index in [1.807, 2.05) is 17.0 Å². The second-order valence-corrected chi connectivity index (χ2v) is 10.1. The molecule has 1 saturated carbocycles. The van der Waals surface area contributed by atoms with Crippen LogP contribution in [0.2, 0.25) is 0 Å². The van der Waals surface area contributed by atoms with Crippen LogP contribution in [0.4, 0.5) is 5.69 Å². The summed E-state index contributed by atoms with van der Waals surface area (Å²) in [6.07, 6.45) is 8.87. The molecule has 0 bridgehead atoms. The predicted molar refractivity (Wildman–Crippen MR) is 135 cm³/mol. The molecule has 0 aromatic heterocycles. The Balaban J connectivity index is 1.31. The molecule has 2 heterocycles. The lowest BCUT2D eigenvalue weighted by Crippen LogP contribution is -2.54. The van der Waals surface area contributed by atoms with Crippen LogP contribution < -0.4 is 5.73 Å². The Kier molecular flexibility index (Phi) is 6.86. The van der Waals surface area contributed by atoms with Crippen LogP contribution in [-0.2, 0) is 17.6 Å². The van der Waals surface area contributed by atoms with E-state index < -0.39 is 0 Å². The molecule has 0 spiro atoms. The van der Waals surface area contributed by atoms with Gasteiger partial charge in [0.1, 0.15) is 11.6 Å². The summed E-state index contributed by atoms with van der Waals surface area (Å²) in [5.74, 6) is 1.95. The van der Waals surface area contributed by atoms with Gasteiger partial charge in [-0.05, 0) is 54.5 Å². The van der Waals surface area contributed by atoms with Crippen LogP contribution in [0.5, 0.6) is 5.75 Å². The molecule has 6 heteroatoms. The number of amidine groups is 1. The number of amides is 1. The number of piperazine rings is 1. The first-order valence-corrected chi connectivity index (χ1v) is 12.9. The molecular formula is C28H36N4O2. The average molecular weight is 461 g/mol. The minimum atomic E-state index is -0.381. The van der Waals surface area contributed by atoms with Crippen LogP contribution in [-0.4, -0.2) is 58.9 Å². The summed E-state index contributed by atoms with van der Waals surface area (Å²) in [6.45, 7) is 2.81. The van der Waals surface area contributed by atoms with Gasteiger partial charge in [-0.25, -0.2) is 4.99 Å². The van der Waals surface area contributed by atoms with Crippen molar-refractivity contribution in [3.8, 4) is 5.75 Å². The normalized spacial score (nSPS) is 20.0. The lowest BCUT2D eigenvalue weighted by Gasteiger charge is -2.38. The lowest BCUT2D eigenvalue weighted by atomic mass is 9.84. The van der Waals surface area contributed by atoms with E-state index in [2.05, 4.69) is 29.2 Å². The average Bonchev–Trinajstić information content (AvgIpc) is 2.86. The summed E-state index contributed by atoms with van der Waals surface area (Å²) in [7, 11) is 0. The fourth-order valence-corrected chi connectivity index (χ4v) is 5.78. The fraction of sp³-hybridized carbons (Fsp3) is 0.500. The molecule has 1 amide bonds. The van der Waals surface area contributed by atoms with Gasteiger partial charge in [0.05, 0.1) is 11.7 Å². The number of phenols is 1. The number of aryl methyl sites for hydroxylation is 2. The molecular weight excluding hydrogens is 424 g/mol. The van der Waals surface area contributed by atoms with Gasteiger partial charge < -0.3 is 20.6 Å². The molecule has 2 aromatic carbocycles. The Labute approximate surface area is 202 Å². The van der Waals surface area contributed by atoms with Gasteiger partial charge in [-0.2, -0.15) is 0 Å². The molecule has 1 aliphatic carbocycles. The van der Waals surface area contributed by atoms with Gasteiger partial charge in [-0.1, -0.05) is 56.4 Å². The summed E-state index contributed by atoms with van der Waals surface area (Å²) < 4.78 is 0. The molecule has 1 unspecified atom stereocenters. The lowest BCUT2D eigenvalue weighted by molar-refractivity contribution is -0.134. The Morgan fingerprint density at radius 2 is 1.74 bits per heavy atom. The van der Waals surface area contributed by atoms with Crippen molar-refractivity contribution in [1.82, 2.24) is 9.80 Å². The topological polar surface area (TPSA) is 82.2 Å². The third-order valence-electron chi connectivity index (χ3n) is 7.73. The van der Waals surface area contributed by atoms with E-state index in [0.29, 0.717) is 19.0 Å². The molecule has 2 aliphatic heterocycles. The number of fused-ring (bicyclic) bond motifs is 2. The van der Waals surface area contributed by atoms with Gasteiger partial charge in [0, 0.05) is 31.7 Å². The van der Waals surface area contributed by atoms with Crippen molar-refractivity contribution in [1.29, 1.82) is 0 Å². The highest BCUT2D eigenvalue weighted by Gasteiger charge is 2.30. The number of nitrogens with zero attached hydrogens (tertiary/aromatic N) is 3. The highest BCUT2D eigenvalue weighted by Crippen LogP contribution is 2.31. The molecule has 1 atom stereocenters. The van der Waals surface area contributed by atoms with E-state index in [1.165, 1.54) is 37.7 Å². The Morgan fingerprint density at radius 3 is 2.53 bits per heavy atom. The molecule has 2 fully saturated rings. The van der Waals surface area contributed by atoms with Crippen LogP contribution in [0.15, 0.2) is 47.5 Å². The SMILES string of the molecule is NC(CC1CCCCC1)C(=O)N1CCN(C2=Nc3ccc(O)cc3CCc3ccccc32)CC1. The maximum Gasteiger partial charge on any atom is 0.239 e. The second kappa shape index (κ2) is 10.2. The molecule has 6 nitrogen and oxygen atoms in total. The minimum absolute atomic E-state index is 0.103. The molecule has 34 heavy (non-hydrogen) atoms.